The van der Waals surface area contributed by atoms with E-state index in [1.54, 1.807) is 42.5 Å². The number of nitrogens with zero attached hydrogens (tertiary/aromatic N) is 4. The van der Waals surface area contributed by atoms with Crippen LogP contribution in [0.1, 0.15) is 34.8 Å². The smallest absolute Gasteiger partial charge is 0.255 e. The molecule has 2 aromatic heterocycles. The number of aryl methyl sites for hydroxylation is 1. The van der Waals surface area contributed by atoms with Crippen molar-refractivity contribution in [2.45, 2.75) is 18.8 Å². The Morgan fingerprint density at radius 1 is 1.27 bits per heavy atom. The van der Waals surface area contributed by atoms with Gasteiger partial charge >= 0.3 is 0 Å². The number of pyridine rings is 1. The lowest BCUT2D eigenvalue weighted by Gasteiger charge is -2.33. The first-order chi connectivity index (χ1) is 14.4. The van der Waals surface area contributed by atoms with E-state index in [9.17, 15) is 14.0 Å². The monoisotopic (exact) mass is 407 g/mol. The Bertz CT molecular complexity index is 1160. The molecule has 0 radical (unpaired) electrons. The quantitative estimate of drug-likeness (QED) is 0.720. The molecular formula is C22H22FN5O2. The van der Waals surface area contributed by atoms with Gasteiger partial charge in [0.05, 0.1) is 11.3 Å². The molecule has 1 amide bonds. The first kappa shape index (κ1) is 19.8. The number of likely N-dealkylation sites (tertiary alicyclic amines) is 1. The van der Waals surface area contributed by atoms with Crippen molar-refractivity contribution in [3.05, 3.63) is 76.2 Å². The highest BCUT2D eigenvalue weighted by Gasteiger charge is 2.28. The Morgan fingerprint density at radius 3 is 2.87 bits per heavy atom. The van der Waals surface area contributed by atoms with Crippen molar-refractivity contribution in [2.24, 2.45) is 7.05 Å². The molecule has 1 aliphatic rings. The van der Waals surface area contributed by atoms with Gasteiger partial charge in [0.1, 0.15) is 5.82 Å². The van der Waals surface area contributed by atoms with Gasteiger partial charge < -0.3 is 15.2 Å². The SMILES string of the molecule is Cn1cc(C(=O)N2CCCC(c3nc(N)ncc3-c3cccc(F)c3)C2)ccc1=O. The number of piperidine rings is 1. The average Bonchev–Trinajstić information content (AvgIpc) is 2.75. The predicted molar refractivity (Wildman–Crippen MR) is 111 cm³/mol. The molecule has 3 heterocycles. The summed E-state index contributed by atoms with van der Waals surface area (Å²) < 4.78 is 15.2. The second-order valence-electron chi connectivity index (χ2n) is 7.49. The Kier molecular flexibility index (Phi) is 5.31. The molecule has 1 atom stereocenters. The Hall–Kier alpha value is -3.55. The van der Waals surface area contributed by atoms with Crippen LogP contribution in [0.3, 0.4) is 0 Å². The number of nitrogens with two attached hydrogens (primary N) is 1. The first-order valence-electron chi connectivity index (χ1n) is 9.76. The summed E-state index contributed by atoms with van der Waals surface area (Å²) >= 11 is 0. The highest BCUT2D eigenvalue weighted by molar-refractivity contribution is 5.94. The van der Waals surface area contributed by atoms with Gasteiger partial charge in [-0.25, -0.2) is 14.4 Å². The molecule has 1 aromatic carbocycles. The standard InChI is InChI=1S/C22H22FN5O2/c1-27-12-16(7-8-19(27)29)21(30)28-9-3-5-15(13-28)20-18(11-25-22(24)26-20)14-4-2-6-17(23)10-14/h2,4,6-8,10-12,15H,3,5,9,13H2,1H3,(H2,24,25,26). The normalized spacial score (nSPS) is 16.5. The van der Waals surface area contributed by atoms with Gasteiger partial charge in [0, 0.05) is 50.1 Å². The molecule has 1 unspecified atom stereocenters. The maximum atomic E-state index is 13.8. The van der Waals surface area contributed by atoms with E-state index in [1.165, 1.54) is 22.8 Å². The van der Waals surface area contributed by atoms with Crippen LogP contribution in [-0.4, -0.2) is 38.4 Å². The fourth-order valence-electron chi connectivity index (χ4n) is 3.89. The predicted octanol–water partition coefficient (Wildman–Crippen LogP) is 2.58. The number of benzene rings is 1. The minimum Gasteiger partial charge on any atom is -0.368 e. The highest BCUT2D eigenvalue weighted by Crippen LogP contribution is 2.34. The molecule has 1 saturated heterocycles. The zero-order chi connectivity index (χ0) is 21.3. The maximum absolute atomic E-state index is 13.8. The van der Waals surface area contributed by atoms with Crippen molar-refractivity contribution >= 4 is 11.9 Å². The van der Waals surface area contributed by atoms with Crippen LogP contribution in [0.4, 0.5) is 10.3 Å². The molecule has 3 aromatic rings. The molecule has 8 heteroatoms. The lowest BCUT2D eigenvalue weighted by atomic mass is 9.89. The molecule has 4 rings (SSSR count). The van der Waals surface area contributed by atoms with E-state index in [1.807, 2.05) is 0 Å². The van der Waals surface area contributed by atoms with Crippen molar-refractivity contribution in [2.75, 3.05) is 18.8 Å². The van der Waals surface area contributed by atoms with E-state index in [2.05, 4.69) is 9.97 Å². The van der Waals surface area contributed by atoms with Gasteiger partial charge in [-0.1, -0.05) is 12.1 Å². The van der Waals surface area contributed by atoms with E-state index in [0.717, 1.165) is 12.8 Å². The number of aromatic nitrogens is 3. The Labute approximate surface area is 173 Å². The largest absolute Gasteiger partial charge is 0.368 e. The molecule has 0 saturated carbocycles. The van der Waals surface area contributed by atoms with E-state index >= 15 is 0 Å². The number of carbonyl (C=O) groups is 1. The second kappa shape index (κ2) is 8.06. The van der Waals surface area contributed by atoms with E-state index in [-0.39, 0.29) is 29.1 Å². The summed E-state index contributed by atoms with van der Waals surface area (Å²) in [5.74, 6) is -0.388. The van der Waals surface area contributed by atoms with Gasteiger partial charge in [-0.05, 0) is 36.6 Å². The number of amides is 1. The van der Waals surface area contributed by atoms with Crippen LogP contribution in [0.2, 0.25) is 0 Å². The molecule has 1 fully saturated rings. The van der Waals surface area contributed by atoms with Crippen LogP contribution in [0, 0.1) is 5.82 Å². The molecular weight excluding hydrogens is 385 g/mol. The summed E-state index contributed by atoms with van der Waals surface area (Å²) in [6.07, 6.45) is 4.79. The van der Waals surface area contributed by atoms with Crippen molar-refractivity contribution in [1.82, 2.24) is 19.4 Å². The van der Waals surface area contributed by atoms with Crippen molar-refractivity contribution in [3.8, 4) is 11.1 Å². The zero-order valence-electron chi connectivity index (χ0n) is 16.6. The van der Waals surface area contributed by atoms with Crippen molar-refractivity contribution in [3.63, 3.8) is 0 Å². The topological polar surface area (TPSA) is 94.1 Å². The van der Waals surface area contributed by atoms with Crippen LogP contribution in [0.25, 0.3) is 11.1 Å². The molecule has 154 valence electrons. The maximum Gasteiger partial charge on any atom is 0.255 e. The average molecular weight is 407 g/mol. The minimum atomic E-state index is -0.342. The lowest BCUT2D eigenvalue weighted by Crippen LogP contribution is -2.40. The van der Waals surface area contributed by atoms with Crippen molar-refractivity contribution in [1.29, 1.82) is 0 Å². The van der Waals surface area contributed by atoms with Gasteiger partial charge in [-0.2, -0.15) is 0 Å². The number of rotatable bonds is 3. The molecule has 0 aliphatic carbocycles. The number of anilines is 1. The van der Waals surface area contributed by atoms with Gasteiger partial charge in [0.2, 0.25) is 11.5 Å². The highest BCUT2D eigenvalue weighted by atomic mass is 19.1. The fourth-order valence-corrected chi connectivity index (χ4v) is 3.89. The van der Waals surface area contributed by atoms with E-state index in [0.29, 0.717) is 35.5 Å². The fraction of sp³-hybridized carbons (Fsp3) is 0.273. The van der Waals surface area contributed by atoms with E-state index in [4.69, 9.17) is 5.73 Å². The Balaban J connectivity index is 1.65. The third kappa shape index (κ3) is 3.94. The van der Waals surface area contributed by atoms with E-state index < -0.39 is 0 Å². The number of hydrogen-bond donors (Lipinski definition) is 1. The van der Waals surface area contributed by atoms with Crippen LogP contribution in [-0.2, 0) is 7.05 Å². The summed E-state index contributed by atoms with van der Waals surface area (Å²) in [7, 11) is 1.62. The zero-order valence-corrected chi connectivity index (χ0v) is 16.6. The molecule has 1 aliphatic heterocycles. The summed E-state index contributed by atoms with van der Waals surface area (Å²) in [5.41, 5.74) is 8.24. The number of halogens is 1. The van der Waals surface area contributed by atoms with Gasteiger partial charge in [-0.3, -0.25) is 9.59 Å². The number of nitrogen functional groups attached to an aromatic ring is 1. The lowest BCUT2D eigenvalue weighted by molar-refractivity contribution is 0.0705. The van der Waals surface area contributed by atoms with Crippen LogP contribution >= 0.6 is 0 Å². The minimum absolute atomic E-state index is 0.0567. The van der Waals surface area contributed by atoms with Gasteiger partial charge in [-0.15, -0.1) is 0 Å². The molecule has 2 N–H and O–H groups in total. The van der Waals surface area contributed by atoms with Crippen molar-refractivity contribution < 1.29 is 9.18 Å². The number of carbonyl (C=O) groups excluding carboxylic acids is 1. The molecule has 0 spiro atoms. The van der Waals surface area contributed by atoms with Gasteiger partial charge in [0.25, 0.3) is 5.91 Å². The van der Waals surface area contributed by atoms with Crippen LogP contribution in [0.15, 0.2) is 53.6 Å². The first-order valence-corrected chi connectivity index (χ1v) is 9.76. The van der Waals surface area contributed by atoms with Gasteiger partial charge in [0.15, 0.2) is 0 Å². The molecule has 7 nitrogen and oxygen atoms in total. The third-order valence-electron chi connectivity index (χ3n) is 5.40. The third-order valence-corrected chi connectivity index (χ3v) is 5.40. The molecule has 30 heavy (non-hydrogen) atoms. The second-order valence-corrected chi connectivity index (χ2v) is 7.49. The summed E-state index contributed by atoms with van der Waals surface area (Å²) in [6.45, 7) is 1.08. The summed E-state index contributed by atoms with van der Waals surface area (Å²) in [6, 6.07) is 9.21. The summed E-state index contributed by atoms with van der Waals surface area (Å²) in [4.78, 5) is 34.9. The van der Waals surface area contributed by atoms with Crippen LogP contribution < -0.4 is 11.3 Å². The molecule has 0 bridgehead atoms. The van der Waals surface area contributed by atoms with Crippen LogP contribution in [0.5, 0.6) is 0 Å². The summed E-state index contributed by atoms with van der Waals surface area (Å²) in [5, 5.41) is 0. The number of hydrogen-bond acceptors (Lipinski definition) is 5. The Morgan fingerprint density at radius 2 is 2.10 bits per heavy atom.